The van der Waals surface area contributed by atoms with Crippen LogP contribution in [0.3, 0.4) is 0 Å². The Morgan fingerprint density at radius 1 is 1.53 bits per heavy atom. The van der Waals surface area contributed by atoms with E-state index in [1.54, 1.807) is 11.9 Å². The van der Waals surface area contributed by atoms with Gasteiger partial charge in [-0.25, -0.2) is 4.98 Å². The van der Waals surface area contributed by atoms with Gasteiger partial charge in [0.2, 0.25) is 5.91 Å². The summed E-state index contributed by atoms with van der Waals surface area (Å²) >= 11 is 8.18. The number of halogens is 2. The normalized spacial score (nSPS) is 10.9. The summed E-state index contributed by atoms with van der Waals surface area (Å²) in [5, 5.41) is 0. The van der Waals surface area contributed by atoms with Gasteiger partial charge >= 0.3 is 0 Å². The van der Waals surface area contributed by atoms with Crippen molar-refractivity contribution in [2.24, 2.45) is 0 Å². The molecular formula is C13H15ClIN3O. The second kappa shape index (κ2) is 6.09. The average molecular weight is 392 g/mol. The number of alkyl halides is 1. The van der Waals surface area contributed by atoms with Crippen molar-refractivity contribution in [3.63, 3.8) is 0 Å². The first-order chi connectivity index (χ1) is 9.06. The highest BCUT2D eigenvalue weighted by atomic mass is 127. The molecule has 0 radical (unpaired) electrons. The molecule has 6 heteroatoms. The molecule has 102 valence electrons. The van der Waals surface area contributed by atoms with Crippen molar-refractivity contribution in [3.05, 3.63) is 27.6 Å². The number of hydrogen-bond donors (Lipinski definition) is 0. The Balaban J connectivity index is 2.43. The van der Waals surface area contributed by atoms with Crippen LogP contribution in [0, 0.1) is 3.57 Å². The molecule has 1 heterocycles. The molecule has 4 nitrogen and oxygen atoms in total. The Kier molecular flexibility index (Phi) is 4.67. The van der Waals surface area contributed by atoms with Gasteiger partial charge in [0.15, 0.2) is 0 Å². The lowest BCUT2D eigenvalue weighted by Gasteiger charge is -2.16. The molecule has 0 aliphatic rings. The third-order valence-corrected chi connectivity index (χ3v) is 4.01. The lowest BCUT2D eigenvalue weighted by molar-refractivity contribution is -0.130. The van der Waals surface area contributed by atoms with E-state index in [9.17, 15) is 4.79 Å². The van der Waals surface area contributed by atoms with Crippen LogP contribution in [0.2, 0.25) is 0 Å². The predicted octanol–water partition coefficient (Wildman–Crippen LogP) is 2.86. The number of hydrogen-bond acceptors (Lipinski definition) is 2. The molecule has 0 unspecified atom stereocenters. The second-order valence-corrected chi connectivity index (χ2v) is 5.80. The Hall–Kier alpha value is -0.820. The summed E-state index contributed by atoms with van der Waals surface area (Å²) < 4.78 is 3.01. The van der Waals surface area contributed by atoms with Crippen molar-refractivity contribution in [1.82, 2.24) is 14.5 Å². The lowest BCUT2D eigenvalue weighted by Crippen LogP contribution is -2.30. The molecule has 1 amide bonds. The molecular weight excluding hydrogens is 377 g/mol. The van der Waals surface area contributed by atoms with E-state index in [1.807, 2.05) is 29.7 Å². The quantitative estimate of drug-likeness (QED) is 0.594. The number of carbonyl (C=O) groups excluding carboxylic acids is 1. The van der Waals surface area contributed by atoms with Gasteiger partial charge in [0, 0.05) is 17.2 Å². The average Bonchev–Trinajstić information content (AvgIpc) is 2.74. The molecule has 0 atom stereocenters. The largest absolute Gasteiger partial charge is 0.344 e. The predicted molar refractivity (Wildman–Crippen MR) is 85.3 cm³/mol. The van der Waals surface area contributed by atoms with Crippen molar-refractivity contribution in [2.75, 3.05) is 13.6 Å². The zero-order chi connectivity index (χ0) is 14.0. The fraction of sp³-hybridized carbons (Fsp3) is 0.385. The number of fused-ring (bicyclic) bond motifs is 1. The van der Waals surface area contributed by atoms with Crippen LogP contribution in [0.5, 0.6) is 0 Å². The number of benzene rings is 1. The highest BCUT2D eigenvalue weighted by Crippen LogP contribution is 2.20. The number of likely N-dealkylation sites (N-methyl/N-ethyl adjacent to an activating group) is 1. The van der Waals surface area contributed by atoms with Gasteiger partial charge in [-0.2, -0.15) is 0 Å². The molecule has 0 saturated carbocycles. The number of carbonyl (C=O) groups is 1. The first-order valence-corrected chi connectivity index (χ1v) is 7.62. The molecule has 0 bridgehead atoms. The van der Waals surface area contributed by atoms with Gasteiger partial charge in [-0.1, -0.05) is 0 Å². The van der Waals surface area contributed by atoms with Crippen LogP contribution in [-0.4, -0.2) is 34.0 Å². The molecule has 2 rings (SSSR count). The maximum Gasteiger partial charge on any atom is 0.242 e. The smallest absolute Gasteiger partial charge is 0.242 e. The molecule has 0 fully saturated rings. The molecule has 0 N–H and O–H groups in total. The van der Waals surface area contributed by atoms with Crippen LogP contribution in [0.1, 0.15) is 12.7 Å². The van der Waals surface area contributed by atoms with E-state index in [-0.39, 0.29) is 12.5 Å². The van der Waals surface area contributed by atoms with E-state index in [2.05, 4.69) is 27.6 Å². The number of rotatable bonds is 4. The Morgan fingerprint density at radius 2 is 2.26 bits per heavy atom. The highest BCUT2D eigenvalue weighted by molar-refractivity contribution is 14.1. The van der Waals surface area contributed by atoms with Crippen LogP contribution in [0.25, 0.3) is 11.0 Å². The van der Waals surface area contributed by atoms with Gasteiger partial charge in [-0.3, -0.25) is 4.79 Å². The minimum atomic E-state index is 0.0618. The number of imidazole rings is 1. The summed E-state index contributed by atoms with van der Waals surface area (Å²) in [5.41, 5.74) is 1.84. The van der Waals surface area contributed by atoms with Crippen LogP contribution >= 0.6 is 34.2 Å². The standard InChI is InChI=1S/C13H15ClIN3O/c1-3-17(2)13(19)8-18-11-5-4-9(15)6-10(11)16-12(18)7-14/h4-6H,3,7-8H2,1-2H3. The molecule has 1 aromatic carbocycles. The zero-order valence-electron chi connectivity index (χ0n) is 10.9. The fourth-order valence-corrected chi connectivity index (χ4v) is 2.54. The van der Waals surface area contributed by atoms with Gasteiger partial charge in [0.05, 0.1) is 16.9 Å². The third-order valence-electron chi connectivity index (χ3n) is 3.10. The Bertz CT molecular complexity index is 611. The van der Waals surface area contributed by atoms with Crippen LogP contribution in [0.4, 0.5) is 0 Å². The number of nitrogens with zero attached hydrogens (tertiary/aromatic N) is 3. The van der Waals surface area contributed by atoms with Gasteiger partial charge < -0.3 is 9.47 Å². The third kappa shape index (κ3) is 3.02. The van der Waals surface area contributed by atoms with Gasteiger partial charge in [-0.15, -0.1) is 11.6 Å². The van der Waals surface area contributed by atoms with E-state index in [1.165, 1.54) is 0 Å². The maximum atomic E-state index is 12.1. The van der Waals surface area contributed by atoms with Crippen molar-refractivity contribution in [2.45, 2.75) is 19.3 Å². The summed E-state index contributed by atoms with van der Waals surface area (Å²) in [7, 11) is 1.80. The summed E-state index contributed by atoms with van der Waals surface area (Å²) in [5.74, 6) is 1.09. The van der Waals surface area contributed by atoms with Crippen molar-refractivity contribution < 1.29 is 4.79 Å². The molecule has 0 saturated heterocycles. The molecule has 2 aromatic rings. The van der Waals surface area contributed by atoms with Crippen molar-refractivity contribution in [1.29, 1.82) is 0 Å². The van der Waals surface area contributed by atoms with Crippen LogP contribution in [0.15, 0.2) is 18.2 Å². The maximum absolute atomic E-state index is 12.1. The molecule has 0 aliphatic heterocycles. The first-order valence-electron chi connectivity index (χ1n) is 6.01. The van der Waals surface area contributed by atoms with E-state index in [4.69, 9.17) is 11.6 Å². The minimum Gasteiger partial charge on any atom is -0.344 e. The number of aromatic nitrogens is 2. The van der Waals surface area contributed by atoms with Crippen LogP contribution in [-0.2, 0) is 17.2 Å². The number of amides is 1. The summed E-state index contributed by atoms with van der Waals surface area (Å²) in [6.45, 7) is 2.93. The van der Waals surface area contributed by atoms with E-state index >= 15 is 0 Å². The van der Waals surface area contributed by atoms with E-state index < -0.39 is 0 Å². The van der Waals surface area contributed by atoms with E-state index in [0.717, 1.165) is 20.4 Å². The van der Waals surface area contributed by atoms with E-state index in [0.29, 0.717) is 12.4 Å². The van der Waals surface area contributed by atoms with Crippen molar-refractivity contribution >= 4 is 51.1 Å². The fourth-order valence-electron chi connectivity index (χ4n) is 1.86. The van der Waals surface area contributed by atoms with Crippen molar-refractivity contribution in [3.8, 4) is 0 Å². The second-order valence-electron chi connectivity index (χ2n) is 4.29. The highest BCUT2D eigenvalue weighted by Gasteiger charge is 2.15. The van der Waals surface area contributed by atoms with Gasteiger partial charge in [0.1, 0.15) is 12.4 Å². The Labute approximate surface area is 130 Å². The van der Waals surface area contributed by atoms with Crippen LogP contribution < -0.4 is 0 Å². The first kappa shape index (κ1) is 14.6. The zero-order valence-corrected chi connectivity index (χ0v) is 13.8. The summed E-state index contributed by atoms with van der Waals surface area (Å²) in [6.07, 6.45) is 0. The monoisotopic (exact) mass is 391 g/mol. The molecule has 19 heavy (non-hydrogen) atoms. The molecule has 1 aromatic heterocycles. The lowest BCUT2D eigenvalue weighted by atomic mass is 10.3. The summed E-state index contributed by atoms with van der Waals surface area (Å²) in [6, 6.07) is 5.99. The van der Waals surface area contributed by atoms with Gasteiger partial charge in [-0.05, 0) is 47.7 Å². The Morgan fingerprint density at radius 3 is 2.89 bits per heavy atom. The SMILES string of the molecule is CCN(C)C(=O)Cn1c(CCl)nc2cc(I)ccc21. The topological polar surface area (TPSA) is 38.1 Å². The molecule has 0 spiro atoms. The summed E-state index contributed by atoms with van der Waals surface area (Å²) in [4.78, 5) is 18.2. The van der Waals surface area contributed by atoms with Gasteiger partial charge in [0.25, 0.3) is 0 Å². The molecule has 0 aliphatic carbocycles. The minimum absolute atomic E-state index is 0.0618.